The lowest BCUT2D eigenvalue weighted by atomic mass is 10.1. The van der Waals surface area contributed by atoms with Crippen LogP contribution in [0.5, 0.6) is 0 Å². The second-order valence-electron chi connectivity index (χ2n) is 6.87. The predicted octanol–water partition coefficient (Wildman–Crippen LogP) is 2.57. The molecule has 0 spiro atoms. The van der Waals surface area contributed by atoms with Gasteiger partial charge in [-0.2, -0.15) is 0 Å². The quantitative estimate of drug-likeness (QED) is 0.912. The maximum atomic E-state index is 12.2. The summed E-state index contributed by atoms with van der Waals surface area (Å²) in [7, 11) is 0. The molecular weight excluding hydrogens is 314 g/mol. The van der Waals surface area contributed by atoms with E-state index in [4.69, 9.17) is 9.47 Å². The van der Waals surface area contributed by atoms with Gasteiger partial charge in [0.15, 0.2) is 0 Å². The van der Waals surface area contributed by atoms with Crippen LogP contribution in [0, 0.1) is 6.92 Å². The number of rotatable bonds is 4. The number of hydrogen-bond donors (Lipinski definition) is 1. The third-order valence-electron chi connectivity index (χ3n) is 3.73. The Kier molecular flexibility index (Phi) is 6.00. The minimum Gasteiger partial charge on any atom is -0.444 e. The summed E-state index contributed by atoms with van der Waals surface area (Å²) in [5, 5.41) is 3.47. The molecule has 1 N–H and O–H groups in total. The summed E-state index contributed by atoms with van der Waals surface area (Å²) in [6.45, 7) is 12.2. The Bertz CT molecular complexity index is 527. The summed E-state index contributed by atoms with van der Waals surface area (Å²) in [5.41, 5.74) is 2.45. The predicted molar refractivity (Wildman–Crippen MR) is 90.7 cm³/mol. The Morgan fingerprint density at radius 1 is 1.61 bits per heavy atom. The molecule has 1 aromatic heterocycles. The molecule has 0 bridgehead atoms. The van der Waals surface area contributed by atoms with Crippen molar-refractivity contribution in [1.82, 2.24) is 15.2 Å². The van der Waals surface area contributed by atoms with Gasteiger partial charge >= 0.3 is 6.09 Å². The average molecular weight is 341 g/mol. The van der Waals surface area contributed by atoms with Gasteiger partial charge in [0.25, 0.3) is 0 Å². The molecule has 2 unspecified atom stereocenters. The lowest BCUT2D eigenvalue weighted by Gasteiger charge is -2.36. The summed E-state index contributed by atoms with van der Waals surface area (Å²) in [6.07, 6.45) is -0.305. The van der Waals surface area contributed by atoms with Crippen LogP contribution in [0.2, 0.25) is 0 Å². The van der Waals surface area contributed by atoms with Gasteiger partial charge in [-0.3, -0.25) is 0 Å². The number of aryl methyl sites for hydroxylation is 1. The van der Waals surface area contributed by atoms with E-state index in [0.29, 0.717) is 19.7 Å². The van der Waals surface area contributed by atoms with Gasteiger partial charge in [0, 0.05) is 24.0 Å². The van der Waals surface area contributed by atoms with Crippen LogP contribution < -0.4 is 5.32 Å². The first kappa shape index (κ1) is 18.2. The molecule has 0 aliphatic carbocycles. The maximum absolute atomic E-state index is 12.2. The summed E-state index contributed by atoms with van der Waals surface area (Å²) in [4.78, 5) is 19.4. The van der Waals surface area contributed by atoms with Crippen LogP contribution in [-0.4, -0.2) is 53.4 Å². The Hall–Kier alpha value is -1.18. The van der Waals surface area contributed by atoms with Gasteiger partial charge in [0.2, 0.25) is 0 Å². The largest absolute Gasteiger partial charge is 0.444 e. The number of morpholine rings is 1. The van der Waals surface area contributed by atoms with E-state index in [1.807, 2.05) is 33.2 Å². The molecule has 6 nitrogen and oxygen atoms in total. The molecule has 2 rings (SSSR count). The summed E-state index contributed by atoms with van der Waals surface area (Å²) in [5.74, 6) is 0. The molecule has 2 atom stereocenters. The monoisotopic (exact) mass is 341 g/mol. The van der Waals surface area contributed by atoms with Gasteiger partial charge in [0.1, 0.15) is 5.60 Å². The second-order valence-corrected chi connectivity index (χ2v) is 7.81. The van der Waals surface area contributed by atoms with E-state index >= 15 is 0 Å². The number of hydrogen-bond acceptors (Lipinski definition) is 6. The topological polar surface area (TPSA) is 63.7 Å². The molecular formula is C16H27N3O3S. The van der Waals surface area contributed by atoms with Crippen LogP contribution in [-0.2, 0) is 16.0 Å². The molecule has 0 saturated carbocycles. The van der Waals surface area contributed by atoms with Gasteiger partial charge in [0.05, 0.1) is 30.5 Å². The van der Waals surface area contributed by atoms with E-state index in [0.717, 1.165) is 12.2 Å². The highest BCUT2D eigenvalue weighted by atomic mass is 32.1. The number of ether oxygens (including phenoxy) is 2. The van der Waals surface area contributed by atoms with Crippen molar-refractivity contribution < 1.29 is 14.3 Å². The Balaban J connectivity index is 1.85. The van der Waals surface area contributed by atoms with Crippen molar-refractivity contribution in [2.45, 2.75) is 58.9 Å². The van der Waals surface area contributed by atoms with Crippen LogP contribution in [0.15, 0.2) is 5.51 Å². The molecule has 1 aliphatic rings. The van der Waals surface area contributed by atoms with Crippen LogP contribution in [0.4, 0.5) is 4.79 Å². The van der Waals surface area contributed by atoms with Gasteiger partial charge in [-0.05, 0) is 34.6 Å². The van der Waals surface area contributed by atoms with Crippen molar-refractivity contribution in [1.29, 1.82) is 0 Å². The van der Waals surface area contributed by atoms with Crippen molar-refractivity contribution in [2.24, 2.45) is 0 Å². The summed E-state index contributed by atoms with van der Waals surface area (Å²) < 4.78 is 11.3. The van der Waals surface area contributed by atoms with E-state index < -0.39 is 5.60 Å². The van der Waals surface area contributed by atoms with Crippen molar-refractivity contribution in [2.75, 3.05) is 19.7 Å². The molecule has 23 heavy (non-hydrogen) atoms. The van der Waals surface area contributed by atoms with E-state index in [-0.39, 0.29) is 18.2 Å². The number of nitrogens with one attached hydrogen (secondary N) is 1. The molecule has 130 valence electrons. The Morgan fingerprint density at radius 2 is 2.35 bits per heavy atom. The number of carbonyl (C=O) groups excluding carboxylic acids is 1. The van der Waals surface area contributed by atoms with E-state index in [9.17, 15) is 4.79 Å². The standard InChI is InChI=1S/C16H27N3O3S/c1-11(17-8-14-12(2)18-10-23-14)13-9-19(6-7-21-13)15(20)22-16(3,4)5/h10-11,13,17H,6-9H2,1-5H3. The highest BCUT2D eigenvalue weighted by Gasteiger charge is 2.30. The fraction of sp³-hybridized carbons (Fsp3) is 0.750. The van der Waals surface area contributed by atoms with Gasteiger partial charge in [-0.25, -0.2) is 9.78 Å². The molecule has 1 aromatic rings. The van der Waals surface area contributed by atoms with Crippen LogP contribution in [0.1, 0.15) is 38.3 Å². The lowest BCUT2D eigenvalue weighted by molar-refractivity contribution is -0.0527. The zero-order chi connectivity index (χ0) is 17.0. The average Bonchev–Trinajstić information content (AvgIpc) is 2.88. The van der Waals surface area contributed by atoms with E-state index in [2.05, 4.69) is 17.2 Å². The van der Waals surface area contributed by atoms with Crippen LogP contribution in [0.3, 0.4) is 0 Å². The third kappa shape index (κ3) is 5.44. The molecule has 2 heterocycles. The molecule has 1 fully saturated rings. The first-order valence-electron chi connectivity index (χ1n) is 7.98. The highest BCUT2D eigenvalue weighted by molar-refractivity contribution is 7.09. The summed E-state index contributed by atoms with van der Waals surface area (Å²) in [6, 6.07) is 0.140. The first-order chi connectivity index (χ1) is 10.8. The maximum Gasteiger partial charge on any atom is 0.410 e. The third-order valence-corrected chi connectivity index (χ3v) is 4.67. The molecule has 1 amide bonds. The SMILES string of the molecule is Cc1ncsc1CNC(C)C1CN(C(=O)OC(C)(C)C)CCO1. The minimum atomic E-state index is -0.474. The fourth-order valence-corrected chi connectivity index (χ4v) is 3.08. The van der Waals surface area contributed by atoms with Crippen LogP contribution in [0.25, 0.3) is 0 Å². The first-order valence-corrected chi connectivity index (χ1v) is 8.86. The fourth-order valence-electron chi connectivity index (χ4n) is 2.35. The van der Waals surface area contributed by atoms with Gasteiger partial charge in [-0.1, -0.05) is 0 Å². The Labute approximate surface area is 142 Å². The van der Waals surface area contributed by atoms with Crippen molar-refractivity contribution >= 4 is 17.4 Å². The summed E-state index contributed by atoms with van der Waals surface area (Å²) >= 11 is 1.65. The number of amides is 1. The Morgan fingerprint density at radius 3 is 2.96 bits per heavy atom. The normalized spacial score (nSPS) is 20.4. The second kappa shape index (κ2) is 7.59. The zero-order valence-corrected chi connectivity index (χ0v) is 15.4. The molecule has 1 aliphatic heterocycles. The van der Waals surface area contributed by atoms with E-state index in [1.165, 1.54) is 4.88 Å². The molecule has 7 heteroatoms. The molecule has 0 radical (unpaired) electrons. The lowest BCUT2D eigenvalue weighted by Crippen LogP contribution is -2.53. The van der Waals surface area contributed by atoms with Crippen LogP contribution >= 0.6 is 11.3 Å². The number of aromatic nitrogens is 1. The number of nitrogens with zero attached hydrogens (tertiary/aromatic N) is 2. The number of carbonyl (C=O) groups is 1. The number of thiazole rings is 1. The van der Waals surface area contributed by atoms with Crippen molar-refractivity contribution in [3.05, 3.63) is 16.1 Å². The van der Waals surface area contributed by atoms with Gasteiger partial charge < -0.3 is 19.7 Å². The van der Waals surface area contributed by atoms with Crippen molar-refractivity contribution in [3.63, 3.8) is 0 Å². The van der Waals surface area contributed by atoms with E-state index in [1.54, 1.807) is 16.2 Å². The van der Waals surface area contributed by atoms with Gasteiger partial charge in [-0.15, -0.1) is 11.3 Å². The van der Waals surface area contributed by atoms with Crippen molar-refractivity contribution in [3.8, 4) is 0 Å². The zero-order valence-electron chi connectivity index (χ0n) is 14.6. The minimum absolute atomic E-state index is 0.0375. The molecule has 1 saturated heterocycles. The smallest absolute Gasteiger partial charge is 0.410 e. The molecule has 0 aromatic carbocycles. The highest BCUT2D eigenvalue weighted by Crippen LogP contribution is 2.16.